The van der Waals surface area contributed by atoms with Crippen LogP contribution in [0.2, 0.25) is 0 Å². The van der Waals surface area contributed by atoms with Gasteiger partial charge in [-0.3, -0.25) is 4.79 Å². The van der Waals surface area contributed by atoms with Crippen LogP contribution in [0, 0.1) is 12.8 Å². The number of nitrogens with one attached hydrogen (secondary N) is 1. The van der Waals surface area contributed by atoms with Gasteiger partial charge in [-0.2, -0.15) is 5.10 Å². The summed E-state index contributed by atoms with van der Waals surface area (Å²) in [7, 11) is 0. The second-order valence-electron chi connectivity index (χ2n) is 5.27. The molecule has 0 saturated heterocycles. The molecule has 0 saturated carbocycles. The van der Waals surface area contributed by atoms with Gasteiger partial charge >= 0.3 is 0 Å². The van der Waals surface area contributed by atoms with Crippen molar-refractivity contribution in [3.05, 3.63) is 71.3 Å². The van der Waals surface area contributed by atoms with Crippen LogP contribution in [-0.4, -0.2) is 11.6 Å². The van der Waals surface area contributed by atoms with Crippen molar-refractivity contribution in [1.29, 1.82) is 0 Å². The Balaban J connectivity index is 2.22. The fourth-order valence-electron chi connectivity index (χ4n) is 2.13. The van der Waals surface area contributed by atoms with Crippen LogP contribution in [0.1, 0.15) is 35.3 Å². The van der Waals surface area contributed by atoms with E-state index in [9.17, 15) is 4.79 Å². The Hall–Kier alpha value is -2.42. The third-order valence-corrected chi connectivity index (χ3v) is 3.28. The highest BCUT2D eigenvalue weighted by molar-refractivity contribution is 6.03. The fourth-order valence-corrected chi connectivity index (χ4v) is 2.13. The standard InChI is InChI=1S/C18H20N2O/c1-13(2)17(15-10-5-4-6-11-15)19-20-18(21)16-12-8-7-9-14(16)3/h4-13H,1-3H3,(H,20,21). The predicted molar refractivity (Wildman–Crippen MR) is 86.5 cm³/mol. The van der Waals surface area contributed by atoms with Crippen molar-refractivity contribution >= 4 is 11.6 Å². The summed E-state index contributed by atoms with van der Waals surface area (Å²) in [4.78, 5) is 12.2. The summed E-state index contributed by atoms with van der Waals surface area (Å²) >= 11 is 0. The Morgan fingerprint density at radius 3 is 2.24 bits per heavy atom. The number of aryl methyl sites for hydroxylation is 1. The molecule has 0 aromatic heterocycles. The van der Waals surface area contributed by atoms with Crippen molar-refractivity contribution in [3.63, 3.8) is 0 Å². The van der Waals surface area contributed by atoms with Gasteiger partial charge in [0.05, 0.1) is 5.71 Å². The van der Waals surface area contributed by atoms with E-state index >= 15 is 0 Å². The van der Waals surface area contributed by atoms with Crippen molar-refractivity contribution in [2.24, 2.45) is 11.0 Å². The van der Waals surface area contributed by atoms with E-state index in [1.165, 1.54) is 0 Å². The lowest BCUT2D eigenvalue weighted by Crippen LogP contribution is -2.22. The second kappa shape index (κ2) is 6.84. The summed E-state index contributed by atoms with van der Waals surface area (Å²) in [6.07, 6.45) is 0. The summed E-state index contributed by atoms with van der Waals surface area (Å²) in [5.74, 6) is 0.0479. The van der Waals surface area contributed by atoms with Gasteiger partial charge in [-0.15, -0.1) is 0 Å². The van der Waals surface area contributed by atoms with Gasteiger partial charge in [0.15, 0.2) is 0 Å². The largest absolute Gasteiger partial charge is 0.271 e. The Morgan fingerprint density at radius 1 is 1.00 bits per heavy atom. The molecule has 0 fully saturated rings. The normalized spacial score (nSPS) is 11.5. The average molecular weight is 280 g/mol. The van der Waals surface area contributed by atoms with E-state index in [0.717, 1.165) is 16.8 Å². The molecule has 0 radical (unpaired) electrons. The molecule has 0 heterocycles. The molecule has 2 aromatic carbocycles. The fraction of sp³-hybridized carbons (Fsp3) is 0.222. The van der Waals surface area contributed by atoms with Crippen LogP contribution in [0.3, 0.4) is 0 Å². The van der Waals surface area contributed by atoms with Crippen molar-refractivity contribution in [3.8, 4) is 0 Å². The first-order chi connectivity index (χ1) is 10.1. The highest BCUT2D eigenvalue weighted by Gasteiger charge is 2.11. The highest BCUT2D eigenvalue weighted by Crippen LogP contribution is 2.10. The van der Waals surface area contributed by atoms with Gasteiger partial charge in [0.25, 0.3) is 5.91 Å². The van der Waals surface area contributed by atoms with E-state index in [0.29, 0.717) is 5.56 Å². The van der Waals surface area contributed by atoms with Gasteiger partial charge < -0.3 is 0 Å². The van der Waals surface area contributed by atoms with Crippen molar-refractivity contribution in [1.82, 2.24) is 5.43 Å². The molecule has 0 unspecified atom stereocenters. The summed E-state index contributed by atoms with van der Waals surface area (Å²) in [5.41, 5.74) is 6.16. The summed E-state index contributed by atoms with van der Waals surface area (Å²) in [6, 6.07) is 17.4. The molecule has 2 aromatic rings. The van der Waals surface area contributed by atoms with Crippen LogP contribution < -0.4 is 5.43 Å². The van der Waals surface area contributed by atoms with Crippen molar-refractivity contribution in [2.75, 3.05) is 0 Å². The lowest BCUT2D eigenvalue weighted by Gasteiger charge is -2.11. The van der Waals surface area contributed by atoms with Gasteiger partial charge in [-0.25, -0.2) is 5.43 Å². The smallest absolute Gasteiger partial charge is 0.267 e. The second-order valence-corrected chi connectivity index (χ2v) is 5.27. The molecule has 3 nitrogen and oxygen atoms in total. The molecule has 0 spiro atoms. The Labute approximate surface area is 125 Å². The SMILES string of the molecule is Cc1ccccc1C(=O)NN=C(c1ccccc1)C(C)C. The van der Waals surface area contributed by atoms with Crippen molar-refractivity contribution in [2.45, 2.75) is 20.8 Å². The van der Waals surface area contributed by atoms with Crippen LogP contribution in [0.25, 0.3) is 0 Å². The number of amides is 1. The number of benzene rings is 2. The number of rotatable bonds is 4. The average Bonchev–Trinajstić information content (AvgIpc) is 2.48. The maximum Gasteiger partial charge on any atom is 0.271 e. The van der Waals surface area contributed by atoms with Gasteiger partial charge in [-0.1, -0.05) is 62.4 Å². The summed E-state index contributed by atoms with van der Waals surface area (Å²) in [6.45, 7) is 6.04. The minimum absolute atomic E-state index is 0.179. The van der Waals surface area contributed by atoms with Crippen LogP contribution in [0.15, 0.2) is 59.7 Å². The first-order valence-electron chi connectivity index (χ1n) is 7.08. The molecule has 1 N–H and O–H groups in total. The van der Waals surface area contributed by atoms with Crippen LogP contribution in [0.5, 0.6) is 0 Å². The van der Waals surface area contributed by atoms with E-state index in [1.807, 2.05) is 55.5 Å². The van der Waals surface area contributed by atoms with E-state index in [2.05, 4.69) is 24.4 Å². The van der Waals surface area contributed by atoms with E-state index in [1.54, 1.807) is 6.07 Å². The lowest BCUT2D eigenvalue weighted by molar-refractivity contribution is 0.0954. The third-order valence-electron chi connectivity index (χ3n) is 3.28. The Kier molecular flexibility index (Phi) is 4.88. The topological polar surface area (TPSA) is 41.5 Å². The quantitative estimate of drug-likeness (QED) is 0.672. The highest BCUT2D eigenvalue weighted by atomic mass is 16.2. The molecule has 0 aliphatic carbocycles. The lowest BCUT2D eigenvalue weighted by atomic mass is 10.0. The minimum Gasteiger partial charge on any atom is -0.267 e. The monoisotopic (exact) mass is 280 g/mol. The number of hydrazone groups is 1. The number of carbonyl (C=O) groups excluding carboxylic acids is 1. The molecule has 0 atom stereocenters. The maximum atomic E-state index is 12.2. The van der Waals surface area contributed by atoms with Crippen LogP contribution in [0.4, 0.5) is 0 Å². The van der Waals surface area contributed by atoms with Gasteiger partial charge in [-0.05, 0) is 30.0 Å². The molecule has 108 valence electrons. The molecule has 21 heavy (non-hydrogen) atoms. The molecule has 1 amide bonds. The molecule has 0 aliphatic rings. The van der Waals surface area contributed by atoms with E-state index in [4.69, 9.17) is 0 Å². The predicted octanol–water partition coefficient (Wildman–Crippen LogP) is 3.79. The van der Waals surface area contributed by atoms with Gasteiger partial charge in [0.2, 0.25) is 0 Å². The summed E-state index contributed by atoms with van der Waals surface area (Å²) < 4.78 is 0. The van der Waals surface area contributed by atoms with E-state index in [-0.39, 0.29) is 11.8 Å². The Bertz CT molecular complexity index is 645. The third kappa shape index (κ3) is 3.78. The number of hydrogen-bond donors (Lipinski definition) is 1. The minimum atomic E-state index is -0.179. The van der Waals surface area contributed by atoms with Crippen molar-refractivity contribution < 1.29 is 4.79 Å². The number of carbonyl (C=O) groups is 1. The van der Waals surface area contributed by atoms with Gasteiger partial charge in [0, 0.05) is 5.56 Å². The number of nitrogens with zero attached hydrogens (tertiary/aromatic N) is 1. The zero-order chi connectivity index (χ0) is 15.2. The van der Waals surface area contributed by atoms with Crippen LogP contribution in [-0.2, 0) is 0 Å². The zero-order valence-corrected chi connectivity index (χ0v) is 12.6. The molecule has 0 bridgehead atoms. The molecular weight excluding hydrogens is 260 g/mol. The molecule has 2 rings (SSSR count). The van der Waals surface area contributed by atoms with Crippen LogP contribution >= 0.6 is 0 Å². The van der Waals surface area contributed by atoms with E-state index < -0.39 is 0 Å². The summed E-state index contributed by atoms with van der Waals surface area (Å²) in [5, 5.41) is 4.33. The maximum absolute atomic E-state index is 12.2. The zero-order valence-electron chi connectivity index (χ0n) is 12.6. The number of hydrogen-bond acceptors (Lipinski definition) is 2. The first-order valence-corrected chi connectivity index (χ1v) is 7.08. The van der Waals surface area contributed by atoms with Gasteiger partial charge in [0.1, 0.15) is 0 Å². The molecule has 3 heteroatoms. The molecule has 0 aliphatic heterocycles. The molecular formula is C18H20N2O. The first kappa shape index (κ1) is 15.0. The Morgan fingerprint density at radius 2 is 1.62 bits per heavy atom.